The van der Waals surface area contributed by atoms with E-state index in [9.17, 15) is 13.0 Å². The number of halogens is 2. The van der Waals surface area contributed by atoms with Gasteiger partial charge in [0, 0.05) is 30.9 Å². The molecule has 0 aliphatic carbocycles. The quantitative estimate of drug-likeness (QED) is 0.385. The zero-order valence-corrected chi connectivity index (χ0v) is 24.1. The van der Waals surface area contributed by atoms with Gasteiger partial charge in [0.2, 0.25) is 0 Å². The largest absolute Gasteiger partial charge is 0.376 e. The van der Waals surface area contributed by atoms with E-state index in [1.54, 1.807) is 21.8 Å². The fraction of sp³-hybridized carbons (Fsp3) is 0.556. The molecule has 3 aromatic heterocycles. The molecule has 1 N–H and O–H groups in total. The third kappa shape index (κ3) is 4.57. The van der Waals surface area contributed by atoms with Gasteiger partial charge in [-0.25, -0.2) is 32.4 Å². The molecule has 4 aromatic rings. The predicted octanol–water partition coefficient (Wildman–Crippen LogP) is 4.07. The van der Waals surface area contributed by atoms with Gasteiger partial charge >= 0.3 is 0 Å². The van der Waals surface area contributed by atoms with Crippen molar-refractivity contribution in [1.82, 2.24) is 34.3 Å². The Morgan fingerprint density at radius 1 is 1.15 bits per heavy atom. The normalized spacial score (nSPS) is 22.2. The number of aromatic nitrogens is 6. The van der Waals surface area contributed by atoms with Crippen LogP contribution in [0.1, 0.15) is 52.7 Å². The molecule has 40 heavy (non-hydrogen) atoms. The lowest BCUT2D eigenvalue weighted by atomic mass is 9.73. The summed E-state index contributed by atoms with van der Waals surface area (Å²) >= 11 is 0. The van der Waals surface area contributed by atoms with Crippen LogP contribution >= 0.6 is 0 Å². The number of aryl methyl sites for hydroxylation is 1. The van der Waals surface area contributed by atoms with Gasteiger partial charge < -0.3 is 9.64 Å². The molecule has 2 saturated heterocycles. The molecule has 214 valence electrons. The Balaban J connectivity index is 1.29. The maximum absolute atomic E-state index is 14.4. The molecule has 1 unspecified atom stereocenters. The van der Waals surface area contributed by atoms with E-state index in [-0.39, 0.29) is 34.7 Å². The van der Waals surface area contributed by atoms with E-state index in [0.717, 1.165) is 10.9 Å². The van der Waals surface area contributed by atoms with Crippen molar-refractivity contribution in [2.75, 3.05) is 24.6 Å². The highest BCUT2D eigenvalue weighted by atomic mass is 32.2. The number of piperidine rings is 1. The van der Waals surface area contributed by atoms with E-state index in [1.807, 2.05) is 57.8 Å². The van der Waals surface area contributed by atoms with Crippen molar-refractivity contribution in [2.24, 2.45) is 12.5 Å². The fourth-order valence-corrected chi connectivity index (χ4v) is 6.82. The minimum Gasteiger partial charge on any atom is -0.376 e. The Kier molecular flexibility index (Phi) is 6.66. The van der Waals surface area contributed by atoms with Crippen LogP contribution in [-0.4, -0.2) is 70.3 Å². The van der Waals surface area contributed by atoms with Crippen LogP contribution in [0.5, 0.6) is 0 Å². The lowest BCUT2D eigenvalue weighted by Gasteiger charge is -2.43. The van der Waals surface area contributed by atoms with Gasteiger partial charge in [0.05, 0.1) is 58.1 Å². The zero-order chi connectivity index (χ0) is 28.4. The molecule has 5 heterocycles. The van der Waals surface area contributed by atoms with Gasteiger partial charge in [-0.3, -0.25) is 4.68 Å². The number of fused-ring (bicyclic) bond motifs is 2. The molecule has 1 spiro atoms. The topological polar surface area (TPSA) is 103 Å². The fourth-order valence-electron chi connectivity index (χ4n) is 5.80. The molecule has 2 aliphatic heterocycles. The first-order valence-corrected chi connectivity index (χ1v) is 14.6. The first-order chi connectivity index (χ1) is 19.0. The highest BCUT2D eigenvalue weighted by Gasteiger charge is 2.51. The number of benzene rings is 1. The molecule has 10 nitrogen and oxygen atoms in total. The van der Waals surface area contributed by atoms with Crippen molar-refractivity contribution >= 4 is 38.9 Å². The maximum Gasteiger partial charge on any atom is 0.284 e. The van der Waals surface area contributed by atoms with Crippen molar-refractivity contribution in [3.05, 3.63) is 36.3 Å². The lowest BCUT2D eigenvalue weighted by Crippen LogP contribution is -2.55. The Morgan fingerprint density at radius 2 is 1.90 bits per heavy atom. The van der Waals surface area contributed by atoms with Gasteiger partial charge in [-0.05, 0) is 58.7 Å². The number of ether oxygens (including phenoxy) is 1. The van der Waals surface area contributed by atoms with Crippen LogP contribution in [0.2, 0.25) is 0 Å². The Hall–Kier alpha value is -3.03. The summed E-state index contributed by atoms with van der Waals surface area (Å²) in [6.45, 7) is 9.38. The van der Waals surface area contributed by atoms with Crippen molar-refractivity contribution in [3.8, 4) is 5.69 Å². The summed E-state index contributed by atoms with van der Waals surface area (Å²) in [5.41, 5.74) is 1.73. The predicted molar refractivity (Wildman–Crippen MR) is 150 cm³/mol. The molecule has 3 atom stereocenters. The van der Waals surface area contributed by atoms with E-state index in [1.165, 1.54) is 0 Å². The summed E-state index contributed by atoms with van der Waals surface area (Å²) in [5.74, 6) is 0.189. The SMILES string of the molecule is C[C@@H]1OCC2(CCN(c3nc4cnn(-c5ccc6cnn(C)c6c5)c4nc3C(F)F)CC2)[C@@H]1NS(=O)C(C)(C)C. The number of anilines is 1. The molecular weight excluding hydrogens is 538 g/mol. The molecule has 1 aromatic carbocycles. The van der Waals surface area contributed by atoms with Crippen LogP contribution in [0.15, 0.2) is 30.6 Å². The highest BCUT2D eigenvalue weighted by molar-refractivity contribution is 7.84. The summed E-state index contributed by atoms with van der Waals surface area (Å²) in [5, 5.41) is 9.68. The summed E-state index contributed by atoms with van der Waals surface area (Å²) in [6, 6.07) is 5.59. The summed E-state index contributed by atoms with van der Waals surface area (Å²) in [7, 11) is 0.599. The van der Waals surface area contributed by atoms with Crippen molar-refractivity contribution in [2.45, 2.75) is 63.9 Å². The molecule has 0 amide bonds. The number of nitrogens with zero attached hydrogens (tertiary/aromatic N) is 7. The molecule has 2 fully saturated rings. The third-order valence-corrected chi connectivity index (χ3v) is 9.78. The van der Waals surface area contributed by atoms with Gasteiger partial charge in [-0.15, -0.1) is 0 Å². The number of hydrogen-bond acceptors (Lipinski definition) is 7. The Bertz CT molecular complexity index is 1590. The smallest absolute Gasteiger partial charge is 0.284 e. The second kappa shape index (κ2) is 9.81. The van der Waals surface area contributed by atoms with E-state index in [2.05, 4.69) is 24.9 Å². The Labute approximate surface area is 233 Å². The first kappa shape index (κ1) is 27.2. The van der Waals surface area contributed by atoms with E-state index >= 15 is 0 Å². The van der Waals surface area contributed by atoms with Crippen molar-refractivity contribution < 1.29 is 17.7 Å². The minimum absolute atomic E-state index is 0.0900. The van der Waals surface area contributed by atoms with Gasteiger partial charge in [-0.1, -0.05) is 0 Å². The van der Waals surface area contributed by atoms with Crippen LogP contribution < -0.4 is 9.62 Å². The molecule has 6 rings (SSSR count). The Morgan fingerprint density at radius 3 is 2.60 bits per heavy atom. The summed E-state index contributed by atoms with van der Waals surface area (Å²) in [6.07, 6.45) is 1.83. The number of rotatable bonds is 5. The van der Waals surface area contributed by atoms with Gasteiger partial charge in [-0.2, -0.15) is 10.2 Å². The molecular formula is C27H34F2N8O2S. The second-order valence-corrected chi connectivity index (χ2v) is 13.8. The second-order valence-electron chi connectivity index (χ2n) is 11.9. The average Bonchev–Trinajstić information content (AvgIpc) is 3.59. The highest BCUT2D eigenvalue weighted by Crippen LogP contribution is 2.44. The van der Waals surface area contributed by atoms with E-state index in [4.69, 9.17) is 4.74 Å². The van der Waals surface area contributed by atoms with E-state index in [0.29, 0.717) is 43.7 Å². The first-order valence-electron chi connectivity index (χ1n) is 13.5. The minimum atomic E-state index is -2.80. The average molecular weight is 573 g/mol. The van der Waals surface area contributed by atoms with Crippen molar-refractivity contribution in [3.63, 3.8) is 0 Å². The standard InChI is InChI=1S/C27H34F2N8O2S/c1-16-22(34-40(38)26(2,3)4)27(15-39-16)8-10-36(11-9-27)25-21(23(28)29)33-24-19(32-25)14-31-37(24)18-7-6-17-13-30-35(5)20(17)12-18/h6-7,12-14,16,22-23,34H,8-11,15H2,1-5H3/t16-,22+,40?/m0/s1. The number of alkyl halides is 2. The van der Waals surface area contributed by atoms with Crippen LogP contribution in [0.25, 0.3) is 27.8 Å². The van der Waals surface area contributed by atoms with Crippen LogP contribution in [0, 0.1) is 5.41 Å². The number of nitrogens with one attached hydrogen (secondary N) is 1. The summed E-state index contributed by atoms with van der Waals surface area (Å²) < 4.78 is 54.0. The van der Waals surface area contributed by atoms with Gasteiger partial charge in [0.25, 0.3) is 6.43 Å². The molecule has 0 radical (unpaired) electrons. The van der Waals surface area contributed by atoms with Crippen LogP contribution in [0.4, 0.5) is 14.6 Å². The molecule has 0 saturated carbocycles. The van der Waals surface area contributed by atoms with Crippen LogP contribution in [-0.2, 0) is 22.8 Å². The van der Waals surface area contributed by atoms with Crippen molar-refractivity contribution in [1.29, 1.82) is 0 Å². The molecule has 13 heteroatoms. The maximum atomic E-state index is 14.4. The van der Waals surface area contributed by atoms with Gasteiger partial charge in [0.1, 0.15) is 5.52 Å². The monoisotopic (exact) mass is 572 g/mol. The lowest BCUT2D eigenvalue weighted by molar-refractivity contribution is 0.0971. The molecule has 0 bridgehead atoms. The number of hydrogen-bond donors (Lipinski definition) is 1. The molecule has 2 aliphatic rings. The van der Waals surface area contributed by atoms with Gasteiger partial charge in [0.15, 0.2) is 17.2 Å². The zero-order valence-electron chi connectivity index (χ0n) is 23.3. The van der Waals surface area contributed by atoms with E-state index < -0.39 is 22.2 Å². The van der Waals surface area contributed by atoms with Crippen LogP contribution in [0.3, 0.4) is 0 Å². The third-order valence-electron chi connectivity index (χ3n) is 8.20. The summed E-state index contributed by atoms with van der Waals surface area (Å²) in [4.78, 5) is 10.9.